The van der Waals surface area contributed by atoms with Gasteiger partial charge in [-0.25, -0.2) is 4.39 Å². The summed E-state index contributed by atoms with van der Waals surface area (Å²) in [7, 11) is 0. The zero-order chi connectivity index (χ0) is 11.8. The second-order valence-electron chi connectivity index (χ2n) is 4.26. The van der Waals surface area contributed by atoms with Crippen LogP contribution in [-0.4, -0.2) is 11.5 Å². The Balaban J connectivity index is 2.39. The molecule has 86 valence electrons. The molecule has 5 heteroatoms. The summed E-state index contributed by atoms with van der Waals surface area (Å²) >= 11 is 0. The summed E-state index contributed by atoms with van der Waals surface area (Å²) in [6, 6.07) is 3.82. The minimum atomic E-state index is -0.594. The van der Waals surface area contributed by atoms with E-state index in [9.17, 15) is 14.5 Å². The van der Waals surface area contributed by atoms with Crippen LogP contribution in [0, 0.1) is 15.9 Å². The minimum Gasteiger partial charge on any atom is -0.330 e. The first-order chi connectivity index (χ1) is 7.59. The zero-order valence-corrected chi connectivity index (χ0v) is 8.78. The first kappa shape index (κ1) is 11.0. The van der Waals surface area contributed by atoms with E-state index in [0.29, 0.717) is 12.1 Å². The fourth-order valence-corrected chi connectivity index (χ4v) is 2.23. The highest BCUT2D eigenvalue weighted by atomic mass is 19.1. The second kappa shape index (κ2) is 3.83. The molecular weight excluding hydrogens is 211 g/mol. The van der Waals surface area contributed by atoms with Crippen LogP contribution in [0.15, 0.2) is 18.2 Å². The quantitative estimate of drug-likeness (QED) is 0.631. The fraction of sp³-hybridized carbons (Fsp3) is 0.455. The van der Waals surface area contributed by atoms with Crippen molar-refractivity contribution in [1.29, 1.82) is 0 Å². The molecule has 0 amide bonds. The maximum Gasteiger partial charge on any atom is 0.272 e. The number of non-ortho nitro benzene ring substituents is 1. The van der Waals surface area contributed by atoms with Crippen molar-refractivity contribution in [1.82, 2.24) is 0 Å². The van der Waals surface area contributed by atoms with E-state index in [0.717, 1.165) is 25.3 Å². The van der Waals surface area contributed by atoms with Gasteiger partial charge in [0.1, 0.15) is 5.82 Å². The number of benzene rings is 1. The van der Waals surface area contributed by atoms with Crippen LogP contribution in [0.25, 0.3) is 0 Å². The van der Waals surface area contributed by atoms with Crippen LogP contribution in [-0.2, 0) is 5.41 Å². The lowest BCUT2D eigenvalue weighted by molar-refractivity contribution is -0.385. The normalized spacial score (nSPS) is 17.9. The van der Waals surface area contributed by atoms with Crippen molar-refractivity contribution in [3.05, 3.63) is 39.7 Å². The Hall–Kier alpha value is -1.49. The highest BCUT2D eigenvalue weighted by Gasteiger charge is 2.39. The van der Waals surface area contributed by atoms with E-state index in [-0.39, 0.29) is 11.1 Å². The molecular formula is C11H13FN2O2. The lowest BCUT2D eigenvalue weighted by Gasteiger charge is -2.41. The molecule has 0 radical (unpaired) electrons. The molecule has 1 aromatic carbocycles. The first-order valence-electron chi connectivity index (χ1n) is 5.23. The van der Waals surface area contributed by atoms with Crippen molar-refractivity contribution >= 4 is 5.69 Å². The molecule has 0 bridgehead atoms. The van der Waals surface area contributed by atoms with Crippen LogP contribution in [0.4, 0.5) is 10.1 Å². The van der Waals surface area contributed by atoms with Crippen molar-refractivity contribution in [3.63, 3.8) is 0 Å². The number of nitro groups is 1. The predicted octanol–water partition coefficient (Wildman–Crippen LogP) is 2.11. The van der Waals surface area contributed by atoms with Gasteiger partial charge in [-0.1, -0.05) is 6.42 Å². The van der Waals surface area contributed by atoms with Crippen LogP contribution >= 0.6 is 0 Å². The van der Waals surface area contributed by atoms with E-state index in [1.54, 1.807) is 0 Å². The van der Waals surface area contributed by atoms with Crippen molar-refractivity contribution in [2.45, 2.75) is 24.7 Å². The maximum absolute atomic E-state index is 13.8. The van der Waals surface area contributed by atoms with E-state index >= 15 is 0 Å². The first-order valence-corrected chi connectivity index (χ1v) is 5.23. The van der Waals surface area contributed by atoms with Crippen LogP contribution in [0.3, 0.4) is 0 Å². The van der Waals surface area contributed by atoms with Gasteiger partial charge >= 0.3 is 0 Å². The SMILES string of the molecule is NCC1(c2ccc([N+](=O)[O-])cc2F)CCC1. The van der Waals surface area contributed by atoms with Crippen molar-refractivity contribution in [2.75, 3.05) is 6.54 Å². The predicted molar refractivity (Wildman–Crippen MR) is 57.6 cm³/mol. The maximum atomic E-state index is 13.8. The number of nitro benzene ring substituents is 1. The molecule has 1 fully saturated rings. The summed E-state index contributed by atoms with van der Waals surface area (Å²) in [5.41, 5.74) is 5.68. The van der Waals surface area contributed by atoms with Gasteiger partial charge in [-0.3, -0.25) is 10.1 Å². The standard InChI is InChI=1S/C11H13FN2O2/c12-10-6-8(14(15)16)2-3-9(10)11(7-13)4-1-5-11/h2-3,6H,1,4-5,7,13H2. The molecule has 2 rings (SSSR count). The summed E-state index contributed by atoms with van der Waals surface area (Å²) in [5.74, 6) is -0.514. The summed E-state index contributed by atoms with van der Waals surface area (Å²) in [5, 5.41) is 10.5. The number of nitrogens with two attached hydrogens (primary N) is 1. The van der Waals surface area contributed by atoms with Crippen molar-refractivity contribution < 1.29 is 9.31 Å². The number of rotatable bonds is 3. The highest BCUT2D eigenvalue weighted by Crippen LogP contribution is 2.44. The molecule has 0 unspecified atom stereocenters. The summed E-state index contributed by atoms with van der Waals surface area (Å²) in [6.45, 7) is 0.391. The number of hydrogen-bond acceptors (Lipinski definition) is 3. The molecule has 0 saturated heterocycles. The molecule has 16 heavy (non-hydrogen) atoms. The largest absolute Gasteiger partial charge is 0.330 e. The van der Waals surface area contributed by atoms with E-state index in [1.165, 1.54) is 12.1 Å². The van der Waals surface area contributed by atoms with Crippen LogP contribution < -0.4 is 5.73 Å². The molecule has 1 saturated carbocycles. The Morgan fingerprint density at radius 1 is 1.50 bits per heavy atom. The molecule has 0 aliphatic heterocycles. The molecule has 0 spiro atoms. The van der Waals surface area contributed by atoms with Gasteiger partial charge in [0.15, 0.2) is 0 Å². The molecule has 0 atom stereocenters. The van der Waals surface area contributed by atoms with Crippen LogP contribution in [0.5, 0.6) is 0 Å². The van der Waals surface area contributed by atoms with E-state index in [1.807, 2.05) is 0 Å². The summed E-state index contributed by atoms with van der Waals surface area (Å²) < 4.78 is 13.8. The molecule has 1 aliphatic rings. The summed E-state index contributed by atoms with van der Waals surface area (Å²) in [6.07, 6.45) is 2.75. The van der Waals surface area contributed by atoms with E-state index in [4.69, 9.17) is 5.73 Å². The molecule has 0 heterocycles. The monoisotopic (exact) mass is 224 g/mol. The third-order valence-electron chi connectivity index (χ3n) is 3.44. The number of hydrogen-bond donors (Lipinski definition) is 1. The van der Waals surface area contributed by atoms with Crippen LogP contribution in [0.2, 0.25) is 0 Å². The average molecular weight is 224 g/mol. The molecule has 1 aliphatic carbocycles. The van der Waals surface area contributed by atoms with Crippen molar-refractivity contribution in [2.24, 2.45) is 5.73 Å². The lowest BCUT2D eigenvalue weighted by Crippen LogP contribution is -2.42. The Kier molecular flexibility index (Phi) is 2.63. The molecule has 1 aromatic rings. The molecule has 2 N–H and O–H groups in total. The topological polar surface area (TPSA) is 69.2 Å². The Bertz CT molecular complexity index is 424. The number of halogens is 1. The van der Waals surface area contributed by atoms with E-state index in [2.05, 4.69) is 0 Å². The molecule has 0 aromatic heterocycles. The smallest absolute Gasteiger partial charge is 0.272 e. The van der Waals surface area contributed by atoms with Gasteiger partial charge in [0.2, 0.25) is 0 Å². The second-order valence-corrected chi connectivity index (χ2v) is 4.26. The number of nitrogens with zero attached hydrogens (tertiary/aromatic N) is 1. The Labute approximate surface area is 92.4 Å². The molecule has 4 nitrogen and oxygen atoms in total. The minimum absolute atomic E-state index is 0.215. The zero-order valence-electron chi connectivity index (χ0n) is 8.78. The Morgan fingerprint density at radius 2 is 2.19 bits per heavy atom. The van der Waals surface area contributed by atoms with Crippen LogP contribution in [0.1, 0.15) is 24.8 Å². The summed E-state index contributed by atoms with van der Waals surface area (Å²) in [4.78, 5) is 9.89. The van der Waals surface area contributed by atoms with Gasteiger partial charge in [-0.05, 0) is 24.5 Å². The van der Waals surface area contributed by atoms with Crippen molar-refractivity contribution in [3.8, 4) is 0 Å². The average Bonchev–Trinajstić information content (AvgIpc) is 2.19. The van der Waals surface area contributed by atoms with Gasteiger partial charge in [0.25, 0.3) is 5.69 Å². The van der Waals surface area contributed by atoms with Gasteiger partial charge in [-0.2, -0.15) is 0 Å². The Morgan fingerprint density at radius 3 is 2.56 bits per heavy atom. The highest BCUT2D eigenvalue weighted by molar-refractivity contribution is 5.39. The fourth-order valence-electron chi connectivity index (χ4n) is 2.23. The third kappa shape index (κ3) is 1.57. The van der Waals surface area contributed by atoms with E-state index < -0.39 is 10.7 Å². The van der Waals surface area contributed by atoms with Gasteiger partial charge in [0.05, 0.1) is 11.0 Å². The van der Waals surface area contributed by atoms with Gasteiger partial charge < -0.3 is 5.73 Å². The van der Waals surface area contributed by atoms with Gasteiger partial charge in [0, 0.05) is 18.0 Å². The lowest BCUT2D eigenvalue weighted by atomic mass is 9.64. The van der Waals surface area contributed by atoms with Gasteiger partial charge in [-0.15, -0.1) is 0 Å². The third-order valence-corrected chi connectivity index (χ3v) is 3.44.